The zero-order valence-electron chi connectivity index (χ0n) is 9.17. The lowest BCUT2D eigenvalue weighted by molar-refractivity contribution is -0.117. The molecule has 0 saturated carbocycles. The Morgan fingerprint density at radius 3 is 2.82 bits per heavy atom. The number of anilines is 1. The van der Waals surface area contributed by atoms with Crippen LogP contribution < -0.4 is 11.1 Å². The van der Waals surface area contributed by atoms with Crippen LogP contribution >= 0.6 is 0 Å². The molecule has 0 saturated heterocycles. The molecule has 0 aliphatic rings. The number of aromatic nitrogens is 1. The highest BCUT2D eigenvalue weighted by Crippen LogP contribution is 2.06. The molecule has 5 heteroatoms. The second-order valence-electron chi connectivity index (χ2n) is 3.70. The van der Waals surface area contributed by atoms with Crippen LogP contribution in [0.25, 0.3) is 0 Å². The molecule has 0 bridgehead atoms. The molecule has 5 nitrogen and oxygen atoms in total. The van der Waals surface area contributed by atoms with E-state index in [1.165, 1.54) is 12.5 Å². The van der Waals surface area contributed by atoms with Gasteiger partial charge in [-0.25, -0.2) is 0 Å². The molecular formula is C12H13N3O2. The van der Waals surface area contributed by atoms with E-state index in [0.29, 0.717) is 12.1 Å². The predicted molar refractivity (Wildman–Crippen MR) is 63.3 cm³/mol. The van der Waals surface area contributed by atoms with Gasteiger partial charge in [-0.2, -0.15) is 0 Å². The quantitative estimate of drug-likeness (QED) is 0.828. The number of nitrogens with zero attached hydrogens (tertiary/aromatic N) is 1. The van der Waals surface area contributed by atoms with Crippen molar-refractivity contribution in [2.24, 2.45) is 5.73 Å². The summed E-state index contributed by atoms with van der Waals surface area (Å²) in [6.07, 6.45) is 3.28. The maximum Gasteiger partial charge on any atom is 0.241 e. The standard InChI is InChI=1S/C12H13N3O2/c13-11(6-9-4-2-1-3-5-9)12(16)15-10-7-14-17-8-10/h1-5,7-8,11H,6,13H2,(H,15,16)/t11-/m0/s1. The smallest absolute Gasteiger partial charge is 0.241 e. The van der Waals surface area contributed by atoms with Crippen molar-refractivity contribution in [3.63, 3.8) is 0 Å². The molecule has 1 atom stereocenters. The van der Waals surface area contributed by atoms with Gasteiger partial charge in [-0.1, -0.05) is 35.5 Å². The Morgan fingerprint density at radius 1 is 1.41 bits per heavy atom. The molecular weight excluding hydrogens is 218 g/mol. The maximum absolute atomic E-state index is 11.7. The zero-order valence-corrected chi connectivity index (χ0v) is 9.17. The summed E-state index contributed by atoms with van der Waals surface area (Å²) in [6.45, 7) is 0. The number of nitrogens with one attached hydrogen (secondary N) is 1. The molecule has 0 aliphatic heterocycles. The number of nitrogens with two attached hydrogens (primary N) is 1. The fourth-order valence-electron chi connectivity index (χ4n) is 1.46. The summed E-state index contributed by atoms with van der Waals surface area (Å²) in [5, 5.41) is 6.11. The lowest BCUT2D eigenvalue weighted by Crippen LogP contribution is -2.37. The van der Waals surface area contributed by atoms with Crippen molar-refractivity contribution in [2.75, 3.05) is 5.32 Å². The Labute approximate surface area is 98.6 Å². The van der Waals surface area contributed by atoms with E-state index in [4.69, 9.17) is 5.73 Å². The topological polar surface area (TPSA) is 81.2 Å². The van der Waals surface area contributed by atoms with Gasteiger partial charge >= 0.3 is 0 Å². The van der Waals surface area contributed by atoms with Crippen molar-refractivity contribution in [3.8, 4) is 0 Å². The molecule has 0 unspecified atom stereocenters. The number of rotatable bonds is 4. The van der Waals surface area contributed by atoms with E-state index in [1.807, 2.05) is 30.3 Å². The van der Waals surface area contributed by atoms with Crippen LogP contribution in [0, 0.1) is 0 Å². The minimum absolute atomic E-state index is 0.253. The molecule has 17 heavy (non-hydrogen) atoms. The molecule has 0 aliphatic carbocycles. The van der Waals surface area contributed by atoms with Crippen LogP contribution in [0.5, 0.6) is 0 Å². The Hall–Kier alpha value is -2.14. The molecule has 0 spiro atoms. The number of amides is 1. The van der Waals surface area contributed by atoms with Gasteiger partial charge in [0.1, 0.15) is 12.0 Å². The molecule has 1 aromatic heterocycles. The minimum atomic E-state index is -0.590. The summed E-state index contributed by atoms with van der Waals surface area (Å²) in [6, 6.07) is 9.04. The van der Waals surface area contributed by atoms with Gasteiger partial charge in [0.15, 0.2) is 0 Å². The fraction of sp³-hybridized carbons (Fsp3) is 0.167. The minimum Gasteiger partial charge on any atom is -0.363 e. The molecule has 1 heterocycles. The van der Waals surface area contributed by atoms with Gasteiger partial charge < -0.3 is 15.6 Å². The van der Waals surface area contributed by atoms with E-state index in [0.717, 1.165) is 5.56 Å². The number of benzene rings is 1. The number of carbonyl (C=O) groups excluding carboxylic acids is 1. The van der Waals surface area contributed by atoms with Gasteiger partial charge in [-0.05, 0) is 12.0 Å². The molecule has 3 N–H and O–H groups in total. The van der Waals surface area contributed by atoms with Crippen molar-refractivity contribution in [1.29, 1.82) is 0 Å². The van der Waals surface area contributed by atoms with Crippen LogP contribution in [0.2, 0.25) is 0 Å². The number of hydrogen-bond donors (Lipinski definition) is 2. The maximum atomic E-state index is 11.7. The normalized spacial score (nSPS) is 12.1. The average Bonchev–Trinajstić information content (AvgIpc) is 2.83. The van der Waals surface area contributed by atoms with Crippen LogP contribution in [-0.2, 0) is 11.2 Å². The van der Waals surface area contributed by atoms with E-state index >= 15 is 0 Å². The van der Waals surface area contributed by atoms with E-state index < -0.39 is 6.04 Å². The summed E-state index contributed by atoms with van der Waals surface area (Å²) in [4.78, 5) is 11.7. The van der Waals surface area contributed by atoms with Crippen LogP contribution in [0.4, 0.5) is 5.69 Å². The summed E-state index contributed by atoms with van der Waals surface area (Å²) in [5.74, 6) is -0.253. The molecule has 0 fully saturated rings. The van der Waals surface area contributed by atoms with E-state index in [2.05, 4.69) is 15.0 Å². The Balaban J connectivity index is 1.92. The third kappa shape index (κ3) is 3.15. The van der Waals surface area contributed by atoms with Crippen LogP contribution in [0.15, 0.2) is 47.3 Å². The third-order valence-electron chi connectivity index (χ3n) is 2.34. The lowest BCUT2D eigenvalue weighted by Gasteiger charge is -2.10. The van der Waals surface area contributed by atoms with Gasteiger partial charge in [0.2, 0.25) is 5.91 Å². The van der Waals surface area contributed by atoms with Crippen LogP contribution in [0.3, 0.4) is 0 Å². The van der Waals surface area contributed by atoms with Crippen molar-refractivity contribution >= 4 is 11.6 Å². The van der Waals surface area contributed by atoms with Gasteiger partial charge in [0, 0.05) is 0 Å². The number of hydrogen-bond acceptors (Lipinski definition) is 4. The largest absolute Gasteiger partial charge is 0.363 e. The summed E-state index contributed by atoms with van der Waals surface area (Å²) in [5.41, 5.74) is 7.34. The van der Waals surface area contributed by atoms with Gasteiger partial charge in [0.25, 0.3) is 0 Å². The first-order valence-corrected chi connectivity index (χ1v) is 5.25. The lowest BCUT2D eigenvalue weighted by atomic mass is 10.1. The van der Waals surface area contributed by atoms with Gasteiger partial charge in [-0.15, -0.1) is 0 Å². The van der Waals surface area contributed by atoms with Crippen LogP contribution in [0.1, 0.15) is 5.56 Å². The molecule has 2 aromatic rings. The highest BCUT2D eigenvalue weighted by Gasteiger charge is 2.14. The first-order valence-electron chi connectivity index (χ1n) is 5.25. The second kappa shape index (κ2) is 5.27. The van der Waals surface area contributed by atoms with Crippen molar-refractivity contribution in [2.45, 2.75) is 12.5 Å². The van der Waals surface area contributed by atoms with Crippen molar-refractivity contribution in [1.82, 2.24) is 5.16 Å². The second-order valence-corrected chi connectivity index (χ2v) is 3.70. The molecule has 1 amide bonds. The first-order chi connectivity index (χ1) is 8.25. The Morgan fingerprint density at radius 2 is 2.18 bits per heavy atom. The zero-order chi connectivity index (χ0) is 12.1. The van der Waals surface area contributed by atoms with E-state index in [9.17, 15) is 4.79 Å². The SMILES string of the molecule is N[C@@H](Cc1ccccc1)C(=O)Nc1cnoc1. The van der Waals surface area contributed by atoms with Gasteiger partial charge in [-0.3, -0.25) is 4.79 Å². The molecule has 0 radical (unpaired) electrons. The number of carbonyl (C=O) groups is 1. The Kier molecular flexibility index (Phi) is 3.52. The van der Waals surface area contributed by atoms with E-state index in [1.54, 1.807) is 0 Å². The van der Waals surface area contributed by atoms with Gasteiger partial charge in [0.05, 0.1) is 12.2 Å². The highest BCUT2D eigenvalue weighted by atomic mass is 16.5. The first kappa shape index (κ1) is 11.3. The molecule has 88 valence electrons. The van der Waals surface area contributed by atoms with Crippen LogP contribution in [-0.4, -0.2) is 17.1 Å². The predicted octanol–water partition coefficient (Wildman–Crippen LogP) is 1.18. The summed E-state index contributed by atoms with van der Waals surface area (Å²) < 4.78 is 4.61. The van der Waals surface area contributed by atoms with Crippen molar-refractivity contribution in [3.05, 3.63) is 48.4 Å². The molecule has 2 rings (SSSR count). The average molecular weight is 231 g/mol. The summed E-state index contributed by atoms with van der Waals surface area (Å²) in [7, 11) is 0. The molecule has 1 aromatic carbocycles. The van der Waals surface area contributed by atoms with Crippen molar-refractivity contribution < 1.29 is 9.32 Å². The van der Waals surface area contributed by atoms with E-state index in [-0.39, 0.29) is 5.91 Å². The highest BCUT2D eigenvalue weighted by molar-refractivity contribution is 5.94. The fourth-order valence-corrected chi connectivity index (χ4v) is 1.46. The Bertz CT molecular complexity index is 468. The summed E-state index contributed by atoms with van der Waals surface area (Å²) >= 11 is 0. The monoisotopic (exact) mass is 231 g/mol. The third-order valence-corrected chi connectivity index (χ3v) is 2.34.